The number of guanidine groups is 1. The molecular weight excluding hydrogens is 505 g/mol. The number of nitrogens with one attached hydrogen (secondary N) is 2. The number of nitrogens with zero attached hydrogens (tertiary/aromatic N) is 3. The summed E-state index contributed by atoms with van der Waals surface area (Å²) >= 11 is 7.73. The first-order valence-corrected chi connectivity index (χ1v) is 11.2. The van der Waals surface area contributed by atoms with E-state index in [1.807, 2.05) is 30.9 Å². The molecule has 5 nitrogen and oxygen atoms in total. The molecule has 160 valence electrons. The van der Waals surface area contributed by atoms with Crippen molar-refractivity contribution in [2.75, 3.05) is 65.2 Å². The molecule has 0 saturated carbocycles. The Labute approximate surface area is 197 Å². The van der Waals surface area contributed by atoms with Crippen molar-refractivity contribution in [2.45, 2.75) is 18.7 Å². The summed E-state index contributed by atoms with van der Waals surface area (Å²) < 4.78 is 0. The zero-order valence-electron chi connectivity index (χ0n) is 17.3. The minimum Gasteiger partial charge on any atom is -0.356 e. The Balaban J connectivity index is 0.00000392. The zero-order valence-corrected chi connectivity index (χ0v) is 21.2. The van der Waals surface area contributed by atoms with Crippen LogP contribution in [0.5, 0.6) is 0 Å². The number of thioether (sulfide) groups is 1. The van der Waals surface area contributed by atoms with Crippen LogP contribution in [0, 0.1) is 5.92 Å². The van der Waals surface area contributed by atoms with Gasteiger partial charge in [-0.25, -0.2) is 0 Å². The lowest BCUT2D eigenvalue weighted by Gasteiger charge is -2.35. The largest absolute Gasteiger partial charge is 0.356 e. The Hall–Kier alpha value is -0.220. The molecule has 1 aromatic rings. The summed E-state index contributed by atoms with van der Waals surface area (Å²) in [4.78, 5) is 10.7. The van der Waals surface area contributed by atoms with Crippen molar-refractivity contribution < 1.29 is 0 Å². The Morgan fingerprint density at radius 1 is 1.14 bits per heavy atom. The molecule has 8 heteroatoms. The average Bonchev–Trinajstić information content (AvgIpc) is 2.69. The third-order valence-electron chi connectivity index (χ3n) is 4.80. The number of hydrogen-bond donors (Lipinski definition) is 2. The number of likely N-dealkylation sites (N-methyl/N-ethyl adjacent to an activating group) is 1. The van der Waals surface area contributed by atoms with Crippen LogP contribution in [-0.2, 0) is 0 Å². The minimum absolute atomic E-state index is 0. The second-order valence-corrected chi connectivity index (χ2v) is 8.63. The number of piperazine rings is 1. The van der Waals surface area contributed by atoms with Crippen molar-refractivity contribution in [1.82, 2.24) is 20.4 Å². The molecule has 2 N–H and O–H groups in total. The summed E-state index contributed by atoms with van der Waals surface area (Å²) in [6.07, 6.45) is 0. The fourth-order valence-electron chi connectivity index (χ4n) is 3.15. The van der Waals surface area contributed by atoms with Crippen LogP contribution >= 0.6 is 47.3 Å². The molecule has 1 fully saturated rings. The van der Waals surface area contributed by atoms with Gasteiger partial charge in [-0.1, -0.05) is 25.4 Å². The van der Waals surface area contributed by atoms with Gasteiger partial charge in [-0.3, -0.25) is 4.99 Å². The molecule has 1 aliphatic heterocycles. The third-order valence-corrected chi connectivity index (χ3v) is 6.07. The van der Waals surface area contributed by atoms with Crippen LogP contribution in [0.15, 0.2) is 34.2 Å². The molecular formula is C20H35ClIN5S. The molecule has 0 bridgehead atoms. The van der Waals surface area contributed by atoms with Crippen LogP contribution in [0.25, 0.3) is 0 Å². The van der Waals surface area contributed by atoms with Gasteiger partial charge in [0.25, 0.3) is 0 Å². The molecule has 1 unspecified atom stereocenters. The molecule has 28 heavy (non-hydrogen) atoms. The molecule has 1 heterocycles. The summed E-state index contributed by atoms with van der Waals surface area (Å²) in [6.45, 7) is 13.5. The molecule has 0 radical (unpaired) electrons. The lowest BCUT2D eigenvalue weighted by atomic mass is 10.1. The minimum atomic E-state index is 0. The number of benzene rings is 1. The maximum absolute atomic E-state index is 5.92. The molecule has 1 atom stereocenters. The van der Waals surface area contributed by atoms with Crippen LogP contribution in [-0.4, -0.2) is 80.9 Å². The molecule has 0 amide bonds. The van der Waals surface area contributed by atoms with E-state index in [2.05, 4.69) is 51.4 Å². The SMILES string of the molecule is CCN1CCN(CC(C)CNC(=NC)NCCSc2ccc(Cl)cc2)CC1.I. The van der Waals surface area contributed by atoms with Crippen molar-refractivity contribution in [3.05, 3.63) is 29.3 Å². The van der Waals surface area contributed by atoms with Gasteiger partial charge in [-0.2, -0.15) is 0 Å². The van der Waals surface area contributed by atoms with E-state index in [0.717, 1.165) is 36.4 Å². The predicted molar refractivity (Wildman–Crippen MR) is 135 cm³/mol. The Morgan fingerprint density at radius 2 is 1.79 bits per heavy atom. The van der Waals surface area contributed by atoms with Gasteiger partial charge in [0, 0.05) is 68.5 Å². The topological polar surface area (TPSA) is 42.9 Å². The van der Waals surface area contributed by atoms with E-state index in [0.29, 0.717) is 5.92 Å². The summed E-state index contributed by atoms with van der Waals surface area (Å²) in [5, 5.41) is 7.64. The van der Waals surface area contributed by atoms with Crippen LogP contribution in [0.3, 0.4) is 0 Å². The van der Waals surface area contributed by atoms with E-state index in [-0.39, 0.29) is 24.0 Å². The number of rotatable bonds is 9. The lowest BCUT2D eigenvalue weighted by molar-refractivity contribution is 0.124. The first kappa shape index (κ1) is 25.8. The highest BCUT2D eigenvalue weighted by atomic mass is 127. The predicted octanol–water partition coefficient (Wildman–Crippen LogP) is 3.49. The second-order valence-electron chi connectivity index (χ2n) is 7.02. The van der Waals surface area contributed by atoms with Gasteiger partial charge in [0.05, 0.1) is 0 Å². The molecule has 1 aliphatic rings. The van der Waals surface area contributed by atoms with E-state index < -0.39 is 0 Å². The Bertz CT molecular complexity index is 564. The van der Waals surface area contributed by atoms with Crippen molar-refractivity contribution in [2.24, 2.45) is 10.9 Å². The first-order valence-electron chi connectivity index (χ1n) is 9.88. The monoisotopic (exact) mass is 539 g/mol. The fraction of sp³-hybridized carbons (Fsp3) is 0.650. The van der Waals surface area contributed by atoms with Gasteiger partial charge in [0.1, 0.15) is 0 Å². The van der Waals surface area contributed by atoms with Crippen LogP contribution in [0.4, 0.5) is 0 Å². The van der Waals surface area contributed by atoms with Crippen molar-refractivity contribution >= 4 is 53.3 Å². The summed E-state index contributed by atoms with van der Waals surface area (Å²) in [5.41, 5.74) is 0. The van der Waals surface area contributed by atoms with Crippen LogP contribution in [0.1, 0.15) is 13.8 Å². The van der Waals surface area contributed by atoms with Crippen molar-refractivity contribution in [3.8, 4) is 0 Å². The van der Waals surface area contributed by atoms with Crippen LogP contribution in [0.2, 0.25) is 5.02 Å². The maximum Gasteiger partial charge on any atom is 0.191 e. The van der Waals surface area contributed by atoms with Gasteiger partial charge in [-0.05, 0) is 36.7 Å². The van der Waals surface area contributed by atoms with Crippen molar-refractivity contribution in [3.63, 3.8) is 0 Å². The van der Waals surface area contributed by atoms with Gasteiger partial charge >= 0.3 is 0 Å². The summed E-state index contributed by atoms with van der Waals surface area (Å²) in [7, 11) is 1.83. The summed E-state index contributed by atoms with van der Waals surface area (Å²) in [6, 6.07) is 7.98. The smallest absolute Gasteiger partial charge is 0.191 e. The highest BCUT2D eigenvalue weighted by molar-refractivity contribution is 14.0. The van der Waals surface area contributed by atoms with Crippen LogP contribution < -0.4 is 10.6 Å². The quantitative estimate of drug-likeness (QED) is 0.165. The summed E-state index contributed by atoms with van der Waals surface area (Å²) in [5.74, 6) is 2.47. The van der Waals surface area contributed by atoms with E-state index in [4.69, 9.17) is 11.6 Å². The van der Waals surface area contributed by atoms with E-state index in [1.54, 1.807) is 0 Å². The molecule has 2 rings (SSSR count). The molecule has 1 aromatic carbocycles. The van der Waals surface area contributed by atoms with Gasteiger partial charge in [0.15, 0.2) is 5.96 Å². The maximum atomic E-state index is 5.92. The Kier molecular flexibility index (Phi) is 13.6. The highest BCUT2D eigenvalue weighted by Gasteiger charge is 2.17. The molecule has 0 spiro atoms. The lowest BCUT2D eigenvalue weighted by Crippen LogP contribution is -2.48. The number of halogens is 2. The normalized spacial score (nSPS) is 17.1. The number of aliphatic imine (C=N–C) groups is 1. The third kappa shape index (κ3) is 10.0. The van der Waals surface area contributed by atoms with E-state index in [1.165, 1.54) is 37.6 Å². The molecule has 1 saturated heterocycles. The fourth-order valence-corrected chi connectivity index (χ4v) is 4.05. The Morgan fingerprint density at radius 3 is 2.39 bits per heavy atom. The average molecular weight is 540 g/mol. The standard InChI is InChI=1S/C20H34ClN5S.HI/c1-4-25-10-12-26(13-11-25)16-17(2)15-24-20(22-3)23-9-14-27-19-7-5-18(21)6-8-19;/h5-8,17H,4,9-16H2,1-3H3,(H2,22,23,24);1H. The van der Waals surface area contributed by atoms with Gasteiger partial charge in [-0.15, -0.1) is 35.7 Å². The van der Waals surface area contributed by atoms with E-state index in [9.17, 15) is 0 Å². The van der Waals surface area contributed by atoms with E-state index >= 15 is 0 Å². The number of hydrogen-bond acceptors (Lipinski definition) is 4. The van der Waals surface area contributed by atoms with Gasteiger partial charge in [0.2, 0.25) is 0 Å². The first-order chi connectivity index (χ1) is 13.1. The zero-order chi connectivity index (χ0) is 19.5. The molecule has 0 aliphatic carbocycles. The van der Waals surface area contributed by atoms with Crippen molar-refractivity contribution in [1.29, 1.82) is 0 Å². The molecule has 0 aromatic heterocycles. The van der Waals surface area contributed by atoms with Gasteiger partial charge < -0.3 is 20.4 Å². The second kappa shape index (κ2) is 14.7. The highest BCUT2D eigenvalue weighted by Crippen LogP contribution is 2.19.